The van der Waals surface area contributed by atoms with Crippen LogP contribution < -0.4 is 0 Å². The zero-order valence-electron chi connectivity index (χ0n) is 11.3. The van der Waals surface area contributed by atoms with Crippen molar-refractivity contribution in [2.75, 3.05) is 0 Å². The summed E-state index contributed by atoms with van der Waals surface area (Å²) in [5.41, 5.74) is 0.839. The minimum absolute atomic E-state index is 0.413. The highest BCUT2D eigenvalue weighted by Gasteiger charge is 2.39. The van der Waals surface area contributed by atoms with Crippen molar-refractivity contribution in [3.63, 3.8) is 0 Å². The third-order valence-electron chi connectivity index (χ3n) is 4.41. The molecule has 0 amide bonds. The van der Waals surface area contributed by atoms with E-state index in [4.69, 9.17) is 0 Å². The van der Waals surface area contributed by atoms with Gasteiger partial charge in [0.25, 0.3) is 0 Å². The Kier molecular flexibility index (Phi) is 5.19. The lowest BCUT2D eigenvalue weighted by Crippen LogP contribution is -2.38. The van der Waals surface area contributed by atoms with E-state index in [1.54, 1.807) is 0 Å². The standard InChI is InChI=1S/C14H29/c1-8-10-12(3)14(6,7)13(4,5)11-9-2/h9,12H,8,10-11H2,1-7H3. The average molecular weight is 197 g/mol. The van der Waals surface area contributed by atoms with Crippen molar-refractivity contribution in [3.8, 4) is 0 Å². The topological polar surface area (TPSA) is 0 Å². The van der Waals surface area contributed by atoms with Crippen LogP contribution in [0.3, 0.4) is 0 Å². The first-order chi connectivity index (χ1) is 6.29. The normalized spacial score (nSPS) is 15.6. The van der Waals surface area contributed by atoms with Gasteiger partial charge >= 0.3 is 0 Å². The van der Waals surface area contributed by atoms with Crippen molar-refractivity contribution in [2.45, 2.75) is 67.7 Å². The number of hydrogen-bond acceptors (Lipinski definition) is 0. The van der Waals surface area contributed by atoms with E-state index < -0.39 is 0 Å². The molecule has 0 N–H and O–H groups in total. The summed E-state index contributed by atoms with van der Waals surface area (Å²) in [4.78, 5) is 0. The third kappa shape index (κ3) is 3.00. The first kappa shape index (κ1) is 14.0. The molecule has 1 radical (unpaired) electrons. The van der Waals surface area contributed by atoms with Gasteiger partial charge in [0, 0.05) is 0 Å². The van der Waals surface area contributed by atoms with Crippen LogP contribution in [0.2, 0.25) is 0 Å². The predicted molar refractivity (Wildman–Crippen MR) is 66.2 cm³/mol. The van der Waals surface area contributed by atoms with Gasteiger partial charge in [-0.15, -0.1) is 0 Å². The summed E-state index contributed by atoms with van der Waals surface area (Å²) in [5.74, 6) is 0.808. The van der Waals surface area contributed by atoms with E-state index in [1.165, 1.54) is 19.3 Å². The summed E-state index contributed by atoms with van der Waals surface area (Å²) in [5, 5.41) is 0. The zero-order valence-corrected chi connectivity index (χ0v) is 11.3. The highest BCUT2D eigenvalue weighted by Crippen LogP contribution is 2.48. The SMILES string of the molecule is C[CH]CC(C)(C)C(C)(C)C(C)CCC. The molecule has 0 spiro atoms. The molecule has 0 bridgehead atoms. The highest BCUT2D eigenvalue weighted by molar-refractivity contribution is 4.91. The number of rotatable bonds is 6. The van der Waals surface area contributed by atoms with Gasteiger partial charge in [-0.25, -0.2) is 0 Å². The molecule has 0 aliphatic carbocycles. The van der Waals surface area contributed by atoms with E-state index in [1.807, 2.05) is 0 Å². The van der Waals surface area contributed by atoms with Crippen LogP contribution in [0.25, 0.3) is 0 Å². The maximum Gasteiger partial charge on any atom is -0.0277 e. The molecule has 1 atom stereocenters. The molecule has 0 heterocycles. The Morgan fingerprint density at radius 1 is 1.14 bits per heavy atom. The largest absolute Gasteiger partial charge is 0.0654 e. The Balaban J connectivity index is 4.56. The van der Waals surface area contributed by atoms with Gasteiger partial charge in [0.2, 0.25) is 0 Å². The van der Waals surface area contributed by atoms with E-state index in [0.717, 1.165) is 5.92 Å². The van der Waals surface area contributed by atoms with Crippen LogP contribution in [0, 0.1) is 23.2 Å². The monoisotopic (exact) mass is 197 g/mol. The van der Waals surface area contributed by atoms with E-state index in [2.05, 4.69) is 54.9 Å². The van der Waals surface area contributed by atoms with Gasteiger partial charge in [-0.1, -0.05) is 61.3 Å². The highest BCUT2D eigenvalue weighted by atomic mass is 14.4. The third-order valence-corrected chi connectivity index (χ3v) is 4.41. The molecular weight excluding hydrogens is 168 g/mol. The van der Waals surface area contributed by atoms with Crippen molar-refractivity contribution in [3.05, 3.63) is 6.42 Å². The summed E-state index contributed by atoms with van der Waals surface area (Å²) in [7, 11) is 0. The van der Waals surface area contributed by atoms with E-state index in [9.17, 15) is 0 Å². The van der Waals surface area contributed by atoms with Gasteiger partial charge in [-0.2, -0.15) is 0 Å². The molecule has 0 nitrogen and oxygen atoms in total. The quantitative estimate of drug-likeness (QED) is 0.556. The summed E-state index contributed by atoms with van der Waals surface area (Å²) in [6.45, 7) is 16.5. The molecule has 0 heteroatoms. The van der Waals surface area contributed by atoms with Gasteiger partial charge in [0.1, 0.15) is 0 Å². The van der Waals surface area contributed by atoms with Crippen LogP contribution in [0.5, 0.6) is 0 Å². The molecule has 1 unspecified atom stereocenters. The fourth-order valence-corrected chi connectivity index (χ4v) is 2.23. The Hall–Kier alpha value is 0. The molecule has 0 aromatic carbocycles. The van der Waals surface area contributed by atoms with Crippen molar-refractivity contribution < 1.29 is 0 Å². The molecule has 0 aromatic rings. The Bertz CT molecular complexity index is 153. The molecule has 0 aliphatic rings. The summed E-state index contributed by atoms with van der Waals surface area (Å²) >= 11 is 0. The molecule has 0 saturated heterocycles. The molecule has 0 aliphatic heterocycles. The molecule has 0 rings (SSSR count). The molecule has 14 heavy (non-hydrogen) atoms. The minimum atomic E-state index is 0.413. The molecule has 0 aromatic heterocycles. The van der Waals surface area contributed by atoms with E-state index >= 15 is 0 Å². The molecule has 0 fully saturated rings. The predicted octanol–water partition coefficient (Wildman–Crippen LogP) is 5.09. The van der Waals surface area contributed by atoms with Gasteiger partial charge in [0.05, 0.1) is 0 Å². The second-order valence-electron chi connectivity index (χ2n) is 5.91. The van der Waals surface area contributed by atoms with Crippen molar-refractivity contribution >= 4 is 0 Å². The molecule has 0 saturated carbocycles. The number of hydrogen-bond donors (Lipinski definition) is 0. The first-order valence-corrected chi connectivity index (χ1v) is 6.07. The van der Waals surface area contributed by atoms with Gasteiger partial charge < -0.3 is 0 Å². The average Bonchev–Trinajstić information content (AvgIpc) is 2.04. The van der Waals surface area contributed by atoms with Crippen molar-refractivity contribution in [2.24, 2.45) is 16.7 Å². The maximum absolute atomic E-state index is 2.43. The van der Waals surface area contributed by atoms with Crippen molar-refractivity contribution in [1.82, 2.24) is 0 Å². The summed E-state index contributed by atoms with van der Waals surface area (Å²) < 4.78 is 0. The smallest absolute Gasteiger partial charge is 0.0277 e. The van der Waals surface area contributed by atoms with Crippen molar-refractivity contribution in [1.29, 1.82) is 0 Å². The summed E-state index contributed by atoms with van der Waals surface area (Å²) in [6.07, 6.45) is 6.17. The van der Waals surface area contributed by atoms with Crippen LogP contribution in [0.4, 0.5) is 0 Å². The van der Waals surface area contributed by atoms with E-state index in [-0.39, 0.29) is 0 Å². The van der Waals surface area contributed by atoms with Crippen LogP contribution in [0.1, 0.15) is 67.7 Å². The second kappa shape index (κ2) is 5.19. The van der Waals surface area contributed by atoms with Crippen LogP contribution in [-0.4, -0.2) is 0 Å². The maximum atomic E-state index is 2.43. The van der Waals surface area contributed by atoms with Gasteiger partial charge in [-0.05, 0) is 29.6 Å². The molecule has 85 valence electrons. The van der Waals surface area contributed by atoms with Crippen LogP contribution >= 0.6 is 0 Å². The van der Waals surface area contributed by atoms with Crippen LogP contribution in [-0.2, 0) is 0 Å². The van der Waals surface area contributed by atoms with Gasteiger partial charge in [0.15, 0.2) is 0 Å². The summed E-state index contributed by atoms with van der Waals surface area (Å²) in [6, 6.07) is 0. The van der Waals surface area contributed by atoms with E-state index in [0.29, 0.717) is 10.8 Å². The Morgan fingerprint density at radius 2 is 1.64 bits per heavy atom. The van der Waals surface area contributed by atoms with Crippen LogP contribution in [0.15, 0.2) is 0 Å². The van der Waals surface area contributed by atoms with Gasteiger partial charge in [-0.3, -0.25) is 0 Å². The lowest BCUT2D eigenvalue weighted by molar-refractivity contribution is 0.0419. The lowest BCUT2D eigenvalue weighted by Gasteiger charge is -2.46. The Labute approximate surface area is 91.5 Å². The zero-order chi connectivity index (χ0) is 11.4. The second-order valence-corrected chi connectivity index (χ2v) is 5.91. The first-order valence-electron chi connectivity index (χ1n) is 6.07. The molecular formula is C14H29. The fourth-order valence-electron chi connectivity index (χ4n) is 2.23. The Morgan fingerprint density at radius 3 is 2.00 bits per heavy atom. The lowest BCUT2D eigenvalue weighted by atomic mass is 9.59. The minimum Gasteiger partial charge on any atom is -0.0654 e. The fraction of sp³-hybridized carbons (Fsp3) is 0.929.